The molecule has 0 amide bonds. The Kier molecular flexibility index (Phi) is 5.41. The van der Waals surface area contributed by atoms with E-state index >= 15 is 0 Å². The lowest BCUT2D eigenvalue weighted by molar-refractivity contribution is -0.155. The number of carbonyl (C=O) groups is 1. The van der Waals surface area contributed by atoms with Crippen LogP contribution in [0.3, 0.4) is 0 Å². The fraction of sp³-hybridized carbons (Fsp3) is 0.636. The van der Waals surface area contributed by atoms with E-state index in [1.165, 1.54) is 4.68 Å². The summed E-state index contributed by atoms with van der Waals surface area (Å²) in [6.45, 7) is -0.443. The van der Waals surface area contributed by atoms with Crippen LogP contribution in [0.4, 0.5) is 13.2 Å². The fourth-order valence-corrected chi connectivity index (χ4v) is 2.17. The van der Waals surface area contributed by atoms with Gasteiger partial charge in [0.05, 0.1) is 29.5 Å². The molecule has 1 heterocycles. The number of nitrogens with zero attached hydrogens (tertiary/aromatic N) is 3. The molecule has 1 aromatic rings. The van der Waals surface area contributed by atoms with Crippen molar-refractivity contribution >= 4 is 17.6 Å². The van der Waals surface area contributed by atoms with E-state index in [1.54, 1.807) is 7.05 Å². The standard InChI is InChI=1S/C11H15ClF3N3O2/c1-3-7-10(12)8(17(2)16-7)4-18(5-9(19)20)6-11(13,14)15/h3-6H2,1-2H3,(H,19,20). The van der Waals surface area contributed by atoms with Gasteiger partial charge in [-0.25, -0.2) is 0 Å². The van der Waals surface area contributed by atoms with Gasteiger partial charge in [-0.3, -0.25) is 14.4 Å². The average Bonchev–Trinajstić information content (AvgIpc) is 2.53. The van der Waals surface area contributed by atoms with Gasteiger partial charge in [-0.15, -0.1) is 0 Å². The molecule has 0 aliphatic carbocycles. The Morgan fingerprint density at radius 1 is 1.50 bits per heavy atom. The molecule has 114 valence electrons. The zero-order valence-corrected chi connectivity index (χ0v) is 11.8. The molecule has 0 aliphatic rings. The molecular formula is C11H15ClF3N3O2. The number of hydrogen-bond donors (Lipinski definition) is 1. The Morgan fingerprint density at radius 3 is 2.50 bits per heavy atom. The van der Waals surface area contributed by atoms with Gasteiger partial charge >= 0.3 is 12.1 Å². The van der Waals surface area contributed by atoms with Crippen LogP contribution >= 0.6 is 11.6 Å². The van der Waals surface area contributed by atoms with Crippen molar-refractivity contribution in [1.29, 1.82) is 0 Å². The predicted molar refractivity (Wildman–Crippen MR) is 66.6 cm³/mol. The molecule has 0 bridgehead atoms. The Labute approximate surface area is 118 Å². The smallest absolute Gasteiger partial charge is 0.401 e. The molecule has 1 rings (SSSR count). The van der Waals surface area contributed by atoms with E-state index in [4.69, 9.17) is 16.7 Å². The van der Waals surface area contributed by atoms with E-state index in [0.717, 1.165) is 4.90 Å². The molecule has 0 unspecified atom stereocenters. The lowest BCUT2D eigenvalue weighted by Crippen LogP contribution is -2.37. The molecule has 0 aromatic carbocycles. The van der Waals surface area contributed by atoms with Gasteiger partial charge in [-0.05, 0) is 6.42 Å². The molecule has 0 atom stereocenters. The van der Waals surface area contributed by atoms with Gasteiger partial charge in [0.25, 0.3) is 0 Å². The first-order valence-corrected chi connectivity index (χ1v) is 6.23. The monoisotopic (exact) mass is 313 g/mol. The topological polar surface area (TPSA) is 58.4 Å². The highest BCUT2D eigenvalue weighted by Crippen LogP contribution is 2.24. The van der Waals surface area contributed by atoms with Crippen LogP contribution in [0.15, 0.2) is 0 Å². The van der Waals surface area contributed by atoms with Crippen LogP contribution in [0.1, 0.15) is 18.3 Å². The van der Waals surface area contributed by atoms with Gasteiger partial charge in [0.2, 0.25) is 0 Å². The summed E-state index contributed by atoms with van der Waals surface area (Å²) in [6.07, 6.45) is -3.93. The number of carboxylic acid groups (broad SMARTS) is 1. The molecule has 20 heavy (non-hydrogen) atoms. The Hall–Kier alpha value is -1.28. The van der Waals surface area contributed by atoms with Gasteiger partial charge in [0, 0.05) is 13.6 Å². The second-order valence-corrected chi connectivity index (χ2v) is 4.72. The van der Waals surface area contributed by atoms with Crippen LogP contribution in [0.2, 0.25) is 5.02 Å². The first-order valence-electron chi connectivity index (χ1n) is 5.85. The number of halogens is 4. The Morgan fingerprint density at radius 2 is 2.10 bits per heavy atom. The molecule has 0 saturated carbocycles. The number of aryl methyl sites for hydroxylation is 2. The molecule has 1 N–H and O–H groups in total. The highest BCUT2D eigenvalue weighted by Gasteiger charge is 2.32. The Balaban J connectivity index is 2.94. The maximum atomic E-state index is 12.4. The maximum Gasteiger partial charge on any atom is 0.401 e. The number of carboxylic acids is 1. The number of aromatic nitrogens is 2. The minimum absolute atomic E-state index is 0.228. The van der Waals surface area contributed by atoms with E-state index in [1.807, 2.05) is 6.92 Å². The van der Waals surface area contributed by atoms with Crippen molar-refractivity contribution in [3.63, 3.8) is 0 Å². The van der Waals surface area contributed by atoms with Gasteiger partial charge in [-0.1, -0.05) is 18.5 Å². The summed E-state index contributed by atoms with van der Waals surface area (Å²) in [6, 6.07) is 0. The predicted octanol–water partition coefficient (Wildman–Crippen LogP) is 2.08. The SMILES string of the molecule is CCc1nn(C)c(CN(CC(=O)O)CC(F)(F)F)c1Cl. The summed E-state index contributed by atoms with van der Waals surface area (Å²) < 4.78 is 38.7. The van der Waals surface area contributed by atoms with Gasteiger partial charge in [0.15, 0.2) is 0 Å². The molecule has 0 saturated heterocycles. The third kappa shape index (κ3) is 4.68. The van der Waals surface area contributed by atoms with Crippen molar-refractivity contribution in [2.45, 2.75) is 26.1 Å². The summed E-state index contributed by atoms with van der Waals surface area (Å²) in [5, 5.41) is 13.1. The largest absolute Gasteiger partial charge is 0.480 e. The van der Waals surface area contributed by atoms with E-state index in [-0.39, 0.29) is 11.6 Å². The fourth-order valence-electron chi connectivity index (χ4n) is 1.82. The lowest BCUT2D eigenvalue weighted by atomic mass is 10.3. The minimum Gasteiger partial charge on any atom is -0.480 e. The summed E-state index contributed by atoms with van der Waals surface area (Å²) >= 11 is 6.04. The molecule has 5 nitrogen and oxygen atoms in total. The van der Waals surface area contributed by atoms with E-state index in [0.29, 0.717) is 17.8 Å². The van der Waals surface area contributed by atoms with E-state index < -0.39 is 25.2 Å². The van der Waals surface area contributed by atoms with Crippen molar-refractivity contribution in [2.75, 3.05) is 13.1 Å². The van der Waals surface area contributed by atoms with Crippen LogP contribution < -0.4 is 0 Å². The normalized spacial score (nSPS) is 12.2. The quantitative estimate of drug-likeness (QED) is 0.873. The number of aliphatic carboxylic acids is 1. The molecule has 9 heteroatoms. The van der Waals surface area contributed by atoms with Crippen LogP contribution in [0, 0.1) is 0 Å². The maximum absolute atomic E-state index is 12.4. The number of rotatable bonds is 6. The van der Waals surface area contributed by atoms with Crippen molar-refractivity contribution in [2.24, 2.45) is 7.05 Å². The van der Waals surface area contributed by atoms with Gasteiger partial charge < -0.3 is 5.11 Å². The zero-order valence-electron chi connectivity index (χ0n) is 11.0. The molecule has 0 fully saturated rings. The first-order chi connectivity index (χ1) is 9.14. The average molecular weight is 314 g/mol. The van der Waals surface area contributed by atoms with E-state index in [9.17, 15) is 18.0 Å². The third-order valence-electron chi connectivity index (χ3n) is 2.64. The van der Waals surface area contributed by atoms with Gasteiger partial charge in [-0.2, -0.15) is 18.3 Å². The second-order valence-electron chi connectivity index (χ2n) is 4.34. The lowest BCUT2D eigenvalue weighted by Gasteiger charge is -2.21. The zero-order chi connectivity index (χ0) is 15.5. The van der Waals surface area contributed by atoms with Crippen LogP contribution in [-0.4, -0.2) is 45.0 Å². The molecule has 1 aromatic heterocycles. The second kappa shape index (κ2) is 6.45. The van der Waals surface area contributed by atoms with Crippen LogP contribution in [-0.2, 0) is 24.8 Å². The van der Waals surface area contributed by atoms with Crippen molar-refractivity contribution in [1.82, 2.24) is 14.7 Å². The van der Waals surface area contributed by atoms with E-state index in [2.05, 4.69) is 5.10 Å². The molecule has 0 spiro atoms. The minimum atomic E-state index is -4.48. The third-order valence-corrected chi connectivity index (χ3v) is 3.07. The van der Waals surface area contributed by atoms with Crippen molar-refractivity contribution < 1.29 is 23.1 Å². The highest BCUT2D eigenvalue weighted by molar-refractivity contribution is 6.31. The first kappa shape index (κ1) is 16.8. The molecular weight excluding hydrogens is 299 g/mol. The molecule has 0 radical (unpaired) electrons. The van der Waals surface area contributed by atoms with Crippen LogP contribution in [0.25, 0.3) is 0 Å². The Bertz CT molecular complexity index is 488. The summed E-state index contributed by atoms with van der Waals surface area (Å²) in [7, 11) is 1.56. The highest BCUT2D eigenvalue weighted by atomic mass is 35.5. The number of hydrogen-bond acceptors (Lipinski definition) is 3. The summed E-state index contributed by atoms with van der Waals surface area (Å²) in [5.74, 6) is -1.33. The van der Waals surface area contributed by atoms with Gasteiger partial charge in [0.1, 0.15) is 0 Å². The summed E-state index contributed by atoms with van der Waals surface area (Å²) in [5.41, 5.74) is 0.945. The van der Waals surface area contributed by atoms with Crippen LogP contribution in [0.5, 0.6) is 0 Å². The van der Waals surface area contributed by atoms with Crippen molar-refractivity contribution in [3.8, 4) is 0 Å². The number of alkyl halides is 3. The molecule has 0 aliphatic heterocycles. The summed E-state index contributed by atoms with van der Waals surface area (Å²) in [4.78, 5) is 11.4. The van der Waals surface area contributed by atoms with Crippen molar-refractivity contribution in [3.05, 3.63) is 16.4 Å².